The maximum atomic E-state index is 14.3. The molecule has 2 aromatic carbocycles. The van der Waals surface area contributed by atoms with Crippen molar-refractivity contribution in [1.29, 1.82) is 5.26 Å². The first-order chi connectivity index (χ1) is 9.60. The number of para-hydroxylation sites is 2. The molecule has 0 aliphatic rings. The lowest BCUT2D eigenvalue weighted by atomic mass is 10.2. The Bertz CT molecular complexity index is 682. The number of hydrogen-bond acceptors (Lipinski definition) is 3. The van der Waals surface area contributed by atoms with E-state index >= 15 is 0 Å². The van der Waals surface area contributed by atoms with Crippen molar-refractivity contribution in [2.24, 2.45) is 0 Å². The summed E-state index contributed by atoms with van der Waals surface area (Å²) in [6.45, 7) is 0. The summed E-state index contributed by atoms with van der Waals surface area (Å²) >= 11 is 3.11. The van der Waals surface area contributed by atoms with Gasteiger partial charge in [-0.3, -0.25) is 0 Å². The Labute approximate surface area is 125 Å². The molecule has 0 spiro atoms. The fourth-order valence-corrected chi connectivity index (χ4v) is 2.35. The van der Waals surface area contributed by atoms with Gasteiger partial charge in [0.25, 0.3) is 0 Å². The van der Waals surface area contributed by atoms with Crippen LogP contribution in [0.25, 0.3) is 0 Å². The highest BCUT2D eigenvalue weighted by Gasteiger charge is 2.17. The Morgan fingerprint density at radius 3 is 2.55 bits per heavy atom. The van der Waals surface area contributed by atoms with Crippen molar-refractivity contribution in [3.63, 3.8) is 0 Å². The highest BCUT2D eigenvalue weighted by atomic mass is 79.9. The summed E-state index contributed by atoms with van der Waals surface area (Å²) in [5, 5.41) is 8.89. The van der Waals surface area contributed by atoms with Crippen molar-refractivity contribution in [3.05, 3.63) is 52.3 Å². The van der Waals surface area contributed by atoms with Gasteiger partial charge in [0.05, 0.1) is 28.5 Å². The normalized spacial score (nSPS) is 9.95. The van der Waals surface area contributed by atoms with E-state index in [1.165, 1.54) is 0 Å². The average molecular weight is 335 g/mol. The van der Waals surface area contributed by atoms with E-state index in [0.29, 0.717) is 11.4 Å². The summed E-state index contributed by atoms with van der Waals surface area (Å²) in [7, 11) is 3.31. The number of anilines is 2. The first-order valence-corrected chi connectivity index (χ1v) is 6.64. The van der Waals surface area contributed by atoms with Crippen LogP contribution in [0.3, 0.4) is 0 Å². The van der Waals surface area contributed by atoms with Crippen LogP contribution in [0.2, 0.25) is 0 Å². The van der Waals surface area contributed by atoms with E-state index in [-0.39, 0.29) is 10.0 Å². The van der Waals surface area contributed by atoms with Gasteiger partial charge in [0.2, 0.25) is 0 Å². The molecule has 2 aromatic rings. The highest BCUT2D eigenvalue weighted by Crippen LogP contribution is 2.36. The minimum absolute atomic E-state index is 0.166. The molecule has 5 heteroatoms. The minimum Gasteiger partial charge on any atom is -0.495 e. The van der Waals surface area contributed by atoms with Gasteiger partial charge in [-0.15, -0.1) is 0 Å². The molecule has 0 fully saturated rings. The van der Waals surface area contributed by atoms with E-state index in [0.717, 1.165) is 5.69 Å². The van der Waals surface area contributed by atoms with Crippen LogP contribution < -0.4 is 9.64 Å². The van der Waals surface area contributed by atoms with E-state index < -0.39 is 5.82 Å². The molecular formula is C15H12BrFN2O. The zero-order valence-corrected chi connectivity index (χ0v) is 12.6. The summed E-state index contributed by atoms with van der Waals surface area (Å²) in [5.41, 5.74) is 1.37. The van der Waals surface area contributed by atoms with Crippen LogP contribution >= 0.6 is 15.9 Å². The monoisotopic (exact) mass is 334 g/mol. The van der Waals surface area contributed by atoms with Gasteiger partial charge in [0.15, 0.2) is 5.82 Å². The smallest absolute Gasteiger partial charge is 0.162 e. The Balaban J connectivity index is 2.52. The highest BCUT2D eigenvalue weighted by molar-refractivity contribution is 9.10. The van der Waals surface area contributed by atoms with E-state index in [1.54, 1.807) is 31.2 Å². The van der Waals surface area contributed by atoms with Gasteiger partial charge in [-0.25, -0.2) is 4.39 Å². The first kappa shape index (κ1) is 14.4. The fraction of sp³-hybridized carbons (Fsp3) is 0.133. The second-order valence-electron chi connectivity index (χ2n) is 4.10. The summed E-state index contributed by atoms with van der Waals surface area (Å²) in [4.78, 5) is 1.68. The molecule has 0 aromatic heterocycles. The Kier molecular flexibility index (Phi) is 4.26. The summed E-state index contributed by atoms with van der Waals surface area (Å²) < 4.78 is 19.8. The number of methoxy groups -OCH3 is 1. The summed E-state index contributed by atoms with van der Waals surface area (Å²) in [6.07, 6.45) is 0. The van der Waals surface area contributed by atoms with Crippen LogP contribution in [0.5, 0.6) is 5.75 Å². The minimum atomic E-state index is -0.475. The lowest BCUT2D eigenvalue weighted by Gasteiger charge is -2.22. The predicted octanol–water partition coefficient (Wildman–Crippen LogP) is 4.24. The molecular weight excluding hydrogens is 323 g/mol. The zero-order valence-electron chi connectivity index (χ0n) is 11.0. The van der Waals surface area contributed by atoms with Gasteiger partial charge < -0.3 is 9.64 Å². The maximum absolute atomic E-state index is 14.3. The number of rotatable bonds is 3. The summed E-state index contributed by atoms with van der Waals surface area (Å²) in [5.74, 6) is 0.173. The second-order valence-corrected chi connectivity index (χ2v) is 4.90. The van der Waals surface area contributed by atoms with Crippen molar-refractivity contribution in [2.75, 3.05) is 19.1 Å². The quantitative estimate of drug-likeness (QED) is 0.842. The number of hydrogen-bond donors (Lipinski definition) is 0. The molecule has 0 saturated carbocycles. The van der Waals surface area contributed by atoms with Gasteiger partial charge >= 0.3 is 0 Å². The third-order valence-corrected chi connectivity index (χ3v) is 3.77. The topological polar surface area (TPSA) is 36.3 Å². The third kappa shape index (κ3) is 2.47. The molecule has 0 atom stereocenters. The van der Waals surface area contributed by atoms with Gasteiger partial charge in [0, 0.05) is 7.05 Å². The lowest BCUT2D eigenvalue weighted by molar-refractivity contribution is 0.415. The number of benzene rings is 2. The van der Waals surface area contributed by atoms with Gasteiger partial charge in [-0.2, -0.15) is 5.26 Å². The number of ether oxygens (including phenoxy) is 1. The molecule has 0 N–H and O–H groups in total. The standard InChI is InChI=1S/C15H12BrFN2O/c1-19(11-5-3-4-6-13(11)20-2)12-8-7-10(9-18)14(16)15(12)17/h3-8H,1-2H3. The van der Waals surface area contributed by atoms with Crippen LogP contribution in [0.15, 0.2) is 40.9 Å². The molecule has 0 heterocycles. The molecule has 0 radical (unpaired) electrons. The van der Waals surface area contributed by atoms with Crippen LogP contribution in [-0.2, 0) is 0 Å². The molecule has 2 rings (SSSR count). The number of nitrogens with zero attached hydrogens (tertiary/aromatic N) is 2. The van der Waals surface area contributed by atoms with Crippen LogP contribution in [0.4, 0.5) is 15.8 Å². The van der Waals surface area contributed by atoms with Crippen LogP contribution in [0.1, 0.15) is 5.56 Å². The first-order valence-electron chi connectivity index (χ1n) is 5.85. The Morgan fingerprint density at radius 1 is 1.20 bits per heavy atom. The van der Waals surface area contributed by atoms with Crippen molar-refractivity contribution in [1.82, 2.24) is 0 Å². The fourth-order valence-electron chi connectivity index (χ4n) is 1.92. The van der Waals surface area contributed by atoms with E-state index in [1.807, 2.05) is 30.3 Å². The maximum Gasteiger partial charge on any atom is 0.162 e. The van der Waals surface area contributed by atoms with Crippen molar-refractivity contribution < 1.29 is 9.13 Å². The molecule has 102 valence electrons. The van der Waals surface area contributed by atoms with Gasteiger partial charge in [0.1, 0.15) is 11.8 Å². The van der Waals surface area contributed by atoms with Crippen molar-refractivity contribution >= 4 is 27.3 Å². The number of halogens is 2. The SMILES string of the molecule is COc1ccccc1N(C)c1ccc(C#N)c(Br)c1F. The van der Waals surface area contributed by atoms with E-state index in [9.17, 15) is 4.39 Å². The molecule has 20 heavy (non-hydrogen) atoms. The van der Waals surface area contributed by atoms with Crippen LogP contribution in [0, 0.1) is 17.1 Å². The van der Waals surface area contributed by atoms with E-state index in [4.69, 9.17) is 10.00 Å². The molecule has 0 unspecified atom stereocenters. The third-order valence-electron chi connectivity index (χ3n) is 2.99. The van der Waals surface area contributed by atoms with Crippen molar-refractivity contribution in [3.8, 4) is 11.8 Å². The average Bonchev–Trinajstić information content (AvgIpc) is 2.49. The van der Waals surface area contributed by atoms with Gasteiger partial charge in [-0.05, 0) is 40.2 Å². The Hall–Kier alpha value is -2.06. The lowest BCUT2D eigenvalue weighted by Crippen LogP contribution is -2.12. The van der Waals surface area contributed by atoms with Crippen LogP contribution in [-0.4, -0.2) is 14.2 Å². The Morgan fingerprint density at radius 2 is 1.90 bits per heavy atom. The molecule has 3 nitrogen and oxygen atoms in total. The van der Waals surface area contributed by atoms with Gasteiger partial charge in [-0.1, -0.05) is 12.1 Å². The van der Waals surface area contributed by atoms with Crippen molar-refractivity contribution in [2.45, 2.75) is 0 Å². The largest absolute Gasteiger partial charge is 0.495 e. The molecule has 0 aliphatic carbocycles. The summed E-state index contributed by atoms with van der Waals surface area (Å²) in [6, 6.07) is 12.4. The molecule has 0 aliphatic heterocycles. The molecule has 0 amide bonds. The second kappa shape index (κ2) is 5.93. The molecule has 0 bridgehead atoms. The number of nitriles is 1. The molecule has 0 saturated heterocycles. The predicted molar refractivity (Wildman–Crippen MR) is 79.9 cm³/mol. The van der Waals surface area contributed by atoms with E-state index in [2.05, 4.69) is 15.9 Å². The zero-order chi connectivity index (χ0) is 14.7.